The van der Waals surface area contributed by atoms with Gasteiger partial charge in [0, 0.05) is 0 Å². The van der Waals surface area contributed by atoms with Crippen LogP contribution in [0, 0.1) is 0 Å². The first-order valence-electron chi connectivity index (χ1n) is 1.65. The normalized spacial score (nSPS) is 14.4. The molecule has 1 unspecified atom stereocenters. The van der Waals surface area contributed by atoms with Crippen molar-refractivity contribution in [3.63, 3.8) is 0 Å². The first kappa shape index (κ1) is 11.6. The third-order valence-electron chi connectivity index (χ3n) is 0.455. The molecule has 0 saturated carbocycles. The molecule has 0 spiro atoms. The average molecular weight is 147 g/mol. The summed E-state index contributed by atoms with van der Waals surface area (Å²) in [7, 11) is -4.21. The van der Waals surface area contributed by atoms with E-state index in [9.17, 15) is 13.0 Å². The molecule has 44 valence electrons. The van der Waals surface area contributed by atoms with Gasteiger partial charge in [0.05, 0.1) is 5.37 Å². The number of rotatable bonds is 1. The Kier molecular flexibility index (Phi) is 5.55. The topological polar surface area (TPSA) is 83.2 Å². The summed E-state index contributed by atoms with van der Waals surface area (Å²) in [6.07, 6.45) is 0. The molecule has 0 aliphatic carbocycles. The molecule has 0 bridgehead atoms. The van der Waals surface area contributed by atoms with Gasteiger partial charge in [-0.05, 0) is 6.92 Å². The van der Waals surface area contributed by atoms with Crippen LogP contribution < -0.4 is 35.3 Å². The van der Waals surface area contributed by atoms with Gasteiger partial charge in [-0.25, -0.2) is 8.42 Å². The van der Waals surface area contributed by atoms with Gasteiger partial charge < -0.3 is 10.3 Å². The van der Waals surface area contributed by atoms with Crippen molar-refractivity contribution in [2.75, 3.05) is 0 Å². The van der Waals surface area contributed by atoms with Crippen molar-refractivity contribution in [3.8, 4) is 0 Å². The van der Waals surface area contributed by atoms with Crippen molar-refractivity contribution in [2.45, 2.75) is 12.3 Å². The molecule has 6 heteroatoms. The van der Waals surface area contributed by atoms with Gasteiger partial charge in [-0.3, -0.25) is 0 Å². The van der Waals surface area contributed by atoms with Gasteiger partial charge in [0.25, 0.3) is 0 Å². The Morgan fingerprint density at radius 3 is 1.75 bits per heavy atom. The van der Waals surface area contributed by atoms with E-state index in [0.717, 1.165) is 6.92 Å². The maximum atomic E-state index is 9.65. The molecule has 0 fully saturated rings. The Morgan fingerprint density at radius 1 is 1.62 bits per heavy atom. The van der Waals surface area contributed by atoms with Crippen molar-refractivity contribution < 1.29 is 42.5 Å². The van der Waals surface area contributed by atoms with Crippen LogP contribution in [0.5, 0.6) is 0 Å². The van der Waals surface area contributed by atoms with Crippen molar-refractivity contribution in [3.05, 3.63) is 0 Å². The van der Waals surface area contributed by atoms with Crippen LogP contribution in [-0.4, -0.2) is 18.3 Å². The third kappa shape index (κ3) is 5.02. The van der Waals surface area contributed by atoms with Gasteiger partial charge in [-0.2, -0.15) is 0 Å². The molecule has 2 N–H and O–H groups in total. The number of nitrogens with two attached hydrogens (primary N) is 1. The van der Waals surface area contributed by atoms with E-state index in [1.807, 2.05) is 0 Å². The van der Waals surface area contributed by atoms with Crippen LogP contribution in [-0.2, 0) is 10.1 Å². The fourth-order valence-electron chi connectivity index (χ4n) is 0. The quantitative estimate of drug-likeness (QED) is 0.301. The Hall–Kier alpha value is 0.870. The smallest absolute Gasteiger partial charge is 0.747 e. The predicted molar refractivity (Wildman–Crippen MR) is 23.3 cm³/mol. The minimum absolute atomic E-state index is 0. The fourth-order valence-corrected chi connectivity index (χ4v) is 0. The molecular weight excluding hydrogens is 141 g/mol. The molecule has 0 aromatic carbocycles. The predicted octanol–water partition coefficient (Wildman–Crippen LogP) is -4.16. The van der Waals surface area contributed by atoms with E-state index >= 15 is 0 Å². The van der Waals surface area contributed by atoms with Crippen LogP contribution in [0.25, 0.3) is 0 Å². The van der Waals surface area contributed by atoms with Crippen LogP contribution in [0.4, 0.5) is 0 Å². The summed E-state index contributed by atoms with van der Waals surface area (Å²) in [5.41, 5.74) is 4.67. The monoisotopic (exact) mass is 147 g/mol. The maximum Gasteiger partial charge on any atom is 1.00 e. The van der Waals surface area contributed by atoms with E-state index in [1.165, 1.54) is 0 Å². The fraction of sp³-hybridized carbons (Fsp3) is 1.00. The van der Waals surface area contributed by atoms with Crippen molar-refractivity contribution in [1.82, 2.24) is 0 Å². The molecule has 4 nitrogen and oxygen atoms in total. The summed E-state index contributed by atoms with van der Waals surface area (Å²) < 4.78 is 29.0. The molecule has 0 aliphatic rings. The molecule has 8 heavy (non-hydrogen) atoms. The van der Waals surface area contributed by atoms with Gasteiger partial charge in [0.2, 0.25) is 0 Å². The van der Waals surface area contributed by atoms with Gasteiger partial charge >= 0.3 is 29.6 Å². The molecule has 0 aromatic heterocycles. The second-order valence-electron chi connectivity index (χ2n) is 1.20. The summed E-state index contributed by atoms with van der Waals surface area (Å²) in [6, 6.07) is 0. The van der Waals surface area contributed by atoms with Crippen molar-refractivity contribution in [2.24, 2.45) is 5.73 Å². The largest absolute Gasteiger partial charge is 1.00 e. The first-order chi connectivity index (χ1) is 2.94. The van der Waals surface area contributed by atoms with Crippen LogP contribution >= 0.6 is 0 Å². The summed E-state index contributed by atoms with van der Waals surface area (Å²) in [5, 5.41) is -1.28. The zero-order valence-electron chi connectivity index (χ0n) is 4.79. The summed E-state index contributed by atoms with van der Waals surface area (Å²) in [5.74, 6) is 0. The second kappa shape index (κ2) is 3.81. The zero-order chi connectivity index (χ0) is 6.08. The molecular formula is C2H6NNaO3S. The second-order valence-corrected chi connectivity index (χ2v) is 2.93. The SMILES string of the molecule is CC(N)S(=O)(=O)[O-].[Na+]. The van der Waals surface area contributed by atoms with Gasteiger partial charge in [0.15, 0.2) is 0 Å². The van der Waals surface area contributed by atoms with E-state index in [4.69, 9.17) is 0 Å². The van der Waals surface area contributed by atoms with Gasteiger partial charge in [-0.1, -0.05) is 0 Å². The molecule has 0 aliphatic heterocycles. The minimum atomic E-state index is -4.21. The summed E-state index contributed by atoms with van der Waals surface area (Å²) >= 11 is 0. The van der Waals surface area contributed by atoms with Crippen LogP contribution in [0.15, 0.2) is 0 Å². The van der Waals surface area contributed by atoms with Crippen molar-refractivity contribution in [1.29, 1.82) is 0 Å². The summed E-state index contributed by atoms with van der Waals surface area (Å²) in [6.45, 7) is 1.13. The Morgan fingerprint density at radius 2 is 1.75 bits per heavy atom. The molecule has 0 amide bonds. The van der Waals surface area contributed by atoms with Crippen LogP contribution in [0.2, 0.25) is 0 Å². The van der Waals surface area contributed by atoms with Crippen LogP contribution in [0.1, 0.15) is 6.92 Å². The molecule has 0 heterocycles. The van der Waals surface area contributed by atoms with Gasteiger partial charge in [0.1, 0.15) is 10.1 Å². The van der Waals surface area contributed by atoms with E-state index in [1.54, 1.807) is 0 Å². The first-order valence-corrected chi connectivity index (χ1v) is 3.12. The molecule has 0 rings (SSSR count). The van der Waals surface area contributed by atoms with E-state index < -0.39 is 15.5 Å². The molecule has 1 atom stereocenters. The Labute approximate surface area is 70.5 Å². The van der Waals surface area contributed by atoms with Gasteiger partial charge in [-0.15, -0.1) is 0 Å². The van der Waals surface area contributed by atoms with Crippen molar-refractivity contribution >= 4 is 10.1 Å². The Balaban J connectivity index is 0. The standard InChI is InChI=1S/C2H7NO3S.Na/c1-2(3)7(4,5)6;/h2H,3H2,1H3,(H,4,5,6);/q;+1/p-1. The van der Waals surface area contributed by atoms with E-state index in [0.29, 0.717) is 0 Å². The summed E-state index contributed by atoms with van der Waals surface area (Å²) in [4.78, 5) is 0. The average Bonchev–Trinajstić information content (AvgIpc) is 1.31. The minimum Gasteiger partial charge on any atom is -0.747 e. The van der Waals surface area contributed by atoms with E-state index in [2.05, 4.69) is 5.73 Å². The maximum absolute atomic E-state index is 9.65. The zero-order valence-corrected chi connectivity index (χ0v) is 7.60. The third-order valence-corrected chi connectivity index (χ3v) is 1.37. The number of hydrogen-bond acceptors (Lipinski definition) is 4. The number of hydrogen-bond donors (Lipinski definition) is 1. The molecule has 0 radical (unpaired) electrons. The molecule has 0 saturated heterocycles. The van der Waals surface area contributed by atoms with E-state index in [-0.39, 0.29) is 29.6 Å². The molecule has 0 aromatic rings. The Bertz CT molecular complexity index is 139. The van der Waals surface area contributed by atoms with Crippen LogP contribution in [0.3, 0.4) is 0 Å².